The largest absolute Gasteiger partial charge is 2.00 e. The fourth-order valence-corrected chi connectivity index (χ4v) is 9.44. The standard InChI is InChI=1S/C60H41N5.Pt/c1-5-19-43(20-6-1)46-37-38-61-59(39-46)65-55-32-14-13-29-53(55)54-36-35-50(41-58(54)65)64(60-51(44-21-7-2-8-22-44)30-18-31-52(60)45-23-9-3-10-24-45)49-28-17-27-48(40-49)63-42-62(47-25-11-4-12-26-47)56-33-15-16-34-57(56)63;/h1-39H,42H2;/q-2;+2. The molecule has 0 unspecified atom stereocenters. The number of benzene rings is 9. The van der Waals surface area contributed by atoms with Crippen LogP contribution in [0.2, 0.25) is 0 Å². The van der Waals surface area contributed by atoms with E-state index in [2.05, 4.69) is 262 Å². The maximum Gasteiger partial charge on any atom is 2.00 e. The second kappa shape index (κ2) is 17.5. The van der Waals surface area contributed by atoms with Crippen molar-refractivity contribution in [1.82, 2.24) is 9.55 Å². The monoisotopic (exact) mass is 1030 g/mol. The molecule has 12 rings (SSSR count). The molecule has 9 aromatic carbocycles. The zero-order valence-electron chi connectivity index (χ0n) is 35.8. The molecule has 0 atom stereocenters. The van der Waals surface area contributed by atoms with Gasteiger partial charge in [0.05, 0.1) is 23.7 Å². The maximum absolute atomic E-state index is 5.02. The van der Waals surface area contributed by atoms with Crippen LogP contribution in [0.15, 0.2) is 237 Å². The van der Waals surface area contributed by atoms with Crippen LogP contribution >= 0.6 is 0 Å². The topological polar surface area (TPSA) is 27.5 Å². The Morgan fingerprint density at radius 3 is 1.71 bits per heavy atom. The molecule has 1 aliphatic heterocycles. The van der Waals surface area contributed by atoms with Crippen molar-refractivity contribution in [3.63, 3.8) is 0 Å². The average Bonchev–Trinajstić information content (AvgIpc) is 3.94. The molecule has 0 saturated heterocycles. The van der Waals surface area contributed by atoms with Crippen molar-refractivity contribution in [1.29, 1.82) is 0 Å². The molecule has 0 aliphatic carbocycles. The Morgan fingerprint density at radius 1 is 0.439 bits per heavy atom. The van der Waals surface area contributed by atoms with Crippen LogP contribution in [-0.2, 0) is 21.1 Å². The molecule has 66 heavy (non-hydrogen) atoms. The Morgan fingerprint density at radius 2 is 1.02 bits per heavy atom. The van der Waals surface area contributed by atoms with Crippen molar-refractivity contribution in [2.75, 3.05) is 21.4 Å². The van der Waals surface area contributed by atoms with Gasteiger partial charge in [-0.1, -0.05) is 180 Å². The van der Waals surface area contributed by atoms with Crippen LogP contribution in [0.1, 0.15) is 0 Å². The third-order valence-electron chi connectivity index (χ3n) is 12.4. The van der Waals surface area contributed by atoms with E-state index in [1.54, 1.807) is 0 Å². The minimum absolute atomic E-state index is 0. The summed E-state index contributed by atoms with van der Waals surface area (Å²) < 4.78 is 2.26. The summed E-state index contributed by atoms with van der Waals surface area (Å²) in [6.45, 7) is 0.645. The third kappa shape index (κ3) is 7.24. The van der Waals surface area contributed by atoms with Gasteiger partial charge in [-0.3, -0.25) is 0 Å². The van der Waals surface area contributed by atoms with Gasteiger partial charge in [0.25, 0.3) is 0 Å². The minimum Gasteiger partial charge on any atom is -0.357 e. The first-order valence-corrected chi connectivity index (χ1v) is 22.0. The maximum atomic E-state index is 5.02. The predicted octanol–water partition coefficient (Wildman–Crippen LogP) is 15.5. The molecule has 316 valence electrons. The Labute approximate surface area is 399 Å². The fourth-order valence-electron chi connectivity index (χ4n) is 9.44. The summed E-state index contributed by atoms with van der Waals surface area (Å²) in [5, 5.41) is 2.24. The number of aromatic nitrogens is 2. The van der Waals surface area contributed by atoms with Crippen LogP contribution in [-0.4, -0.2) is 16.2 Å². The third-order valence-corrected chi connectivity index (χ3v) is 12.4. The fraction of sp³-hybridized carbons (Fsp3) is 0.0167. The quantitative estimate of drug-likeness (QED) is 0.135. The molecule has 5 nitrogen and oxygen atoms in total. The van der Waals surface area contributed by atoms with Crippen molar-refractivity contribution in [2.24, 2.45) is 0 Å². The van der Waals surface area contributed by atoms with E-state index >= 15 is 0 Å². The molecular weight excluding hydrogens is 986 g/mol. The Bertz CT molecular complexity index is 3420. The van der Waals surface area contributed by atoms with Crippen LogP contribution < -0.4 is 14.7 Å². The smallest absolute Gasteiger partial charge is 0.357 e. The SMILES string of the molecule is [Pt+2].[c-]1c(N2CN(c3ccccc3)c3ccccc32)cccc1N(c1[c-]c2c(cc1)c1ccccc1n2-c1cc(-c2ccccc2)ccn1)c1c(-c2ccccc2)cccc1-c1ccccc1. The van der Waals surface area contributed by atoms with Gasteiger partial charge >= 0.3 is 21.1 Å². The molecule has 11 aromatic rings. The number of nitrogens with zero attached hydrogens (tertiary/aromatic N) is 5. The average molecular weight is 1030 g/mol. The van der Waals surface area contributed by atoms with E-state index in [-0.39, 0.29) is 21.1 Å². The number of fused-ring (bicyclic) bond motifs is 4. The summed E-state index contributed by atoms with van der Waals surface area (Å²) in [6.07, 6.45) is 1.91. The van der Waals surface area contributed by atoms with Crippen molar-refractivity contribution < 1.29 is 21.1 Å². The summed E-state index contributed by atoms with van der Waals surface area (Å²) in [4.78, 5) is 12.1. The van der Waals surface area contributed by atoms with Gasteiger partial charge in [-0.25, -0.2) is 4.98 Å². The van der Waals surface area contributed by atoms with E-state index in [0.29, 0.717) is 6.67 Å². The zero-order chi connectivity index (χ0) is 43.1. The van der Waals surface area contributed by atoms with Gasteiger partial charge in [-0.15, -0.1) is 35.7 Å². The van der Waals surface area contributed by atoms with Gasteiger partial charge in [0.15, 0.2) is 0 Å². The number of hydrogen-bond acceptors (Lipinski definition) is 4. The van der Waals surface area contributed by atoms with E-state index < -0.39 is 0 Å². The van der Waals surface area contributed by atoms with Crippen LogP contribution in [0.3, 0.4) is 0 Å². The van der Waals surface area contributed by atoms with Crippen molar-refractivity contribution in [3.8, 4) is 39.2 Å². The summed E-state index contributed by atoms with van der Waals surface area (Å²) in [7, 11) is 0. The van der Waals surface area contributed by atoms with Crippen LogP contribution in [0.4, 0.5) is 39.8 Å². The number of anilines is 7. The molecule has 0 bridgehead atoms. The summed E-state index contributed by atoms with van der Waals surface area (Å²) in [6, 6.07) is 89.6. The number of rotatable bonds is 9. The first kappa shape index (κ1) is 40.8. The van der Waals surface area contributed by atoms with Gasteiger partial charge in [0.1, 0.15) is 5.82 Å². The molecule has 0 N–H and O–H groups in total. The van der Waals surface area contributed by atoms with Crippen LogP contribution in [0.5, 0.6) is 0 Å². The summed E-state index contributed by atoms with van der Waals surface area (Å²) in [5.74, 6) is 0.830. The summed E-state index contributed by atoms with van der Waals surface area (Å²) >= 11 is 0. The van der Waals surface area contributed by atoms with Crippen molar-refractivity contribution in [2.45, 2.75) is 0 Å². The van der Waals surface area contributed by atoms with Gasteiger partial charge < -0.3 is 19.3 Å². The van der Waals surface area contributed by atoms with E-state index in [0.717, 1.165) is 101 Å². The predicted molar refractivity (Wildman–Crippen MR) is 269 cm³/mol. The van der Waals surface area contributed by atoms with E-state index in [4.69, 9.17) is 4.98 Å². The number of para-hydroxylation sites is 5. The first-order valence-electron chi connectivity index (χ1n) is 22.0. The van der Waals surface area contributed by atoms with Gasteiger partial charge in [-0.2, -0.15) is 12.1 Å². The first-order chi connectivity index (χ1) is 32.3. The van der Waals surface area contributed by atoms with E-state index in [1.165, 1.54) is 0 Å². The molecule has 0 fully saturated rings. The van der Waals surface area contributed by atoms with Crippen LogP contribution in [0.25, 0.3) is 61.0 Å². The number of hydrogen-bond donors (Lipinski definition) is 0. The summed E-state index contributed by atoms with van der Waals surface area (Å²) in [5.41, 5.74) is 15.9. The molecule has 2 aromatic heterocycles. The molecule has 0 radical (unpaired) electrons. The van der Waals surface area contributed by atoms with Gasteiger partial charge in [0.2, 0.25) is 0 Å². The molecule has 6 heteroatoms. The normalized spacial score (nSPS) is 12.0. The molecule has 0 saturated carbocycles. The minimum atomic E-state index is 0. The molecule has 1 aliphatic rings. The van der Waals surface area contributed by atoms with Gasteiger partial charge in [-0.05, 0) is 70.1 Å². The van der Waals surface area contributed by atoms with E-state index in [1.807, 2.05) is 6.20 Å². The van der Waals surface area contributed by atoms with Crippen molar-refractivity contribution >= 4 is 61.6 Å². The zero-order valence-corrected chi connectivity index (χ0v) is 38.0. The molecule has 0 spiro atoms. The Balaban J connectivity index is 0.00000481. The molecular formula is C60H41N5Pt. The number of pyridine rings is 1. The second-order valence-corrected chi connectivity index (χ2v) is 16.2. The Kier molecular flexibility index (Phi) is 10.8. The molecule has 3 heterocycles. The van der Waals surface area contributed by atoms with Crippen LogP contribution in [0, 0.1) is 12.1 Å². The second-order valence-electron chi connectivity index (χ2n) is 16.2. The van der Waals surface area contributed by atoms with E-state index in [9.17, 15) is 0 Å². The molecule has 0 amide bonds. The van der Waals surface area contributed by atoms with Crippen molar-refractivity contribution in [3.05, 3.63) is 249 Å². The van der Waals surface area contributed by atoms with Gasteiger partial charge in [0, 0.05) is 28.5 Å². The Hall–Kier alpha value is -7.98.